The standard InChI is InChI=1S/C9H12ClN3O2/c10-6-7(5-1-3-11-4-2-5)12-9(15)13-8(6)14/h5,11H,1-4H2,(H2,12,13,14,15). The predicted molar refractivity (Wildman–Crippen MR) is 57.5 cm³/mol. The molecule has 0 aromatic carbocycles. The van der Waals surface area contributed by atoms with Crippen molar-refractivity contribution in [2.24, 2.45) is 0 Å². The molecule has 15 heavy (non-hydrogen) atoms. The maximum atomic E-state index is 11.3. The van der Waals surface area contributed by atoms with Crippen LogP contribution in [0.4, 0.5) is 0 Å². The zero-order valence-electron chi connectivity index (χ0n) is 8.10. The third kappa shape index (κ3) is 2.13. The number of hydrogen-bond donors (Lipinski definition) is 3. The first-order valence-electron chi connectivity index (χ1n) is 4.91. The predicted octanol–water partition coefficient (Wildman–Crippen LogP) is 0.184. The zero-order valence-corrected chi connectivity index (χ0v) is 8.86. The topological polar surface area (TPSA) is 77.8 Å². The van der Waals surface area contributed by atoms with E-state index in [4.69, 9.17) is 11.6 Å². The van der Waals surface area contributed by atoms with Gasteiger partial charge in [0.1, 0.15) is 5.02 Å². The van der Waals surface area contributed by atoms with Gasteiger partial charge in [-0.05, 0) is 25.9 Å². The summed E-state index contributed by atoms with van der Waals surface area (Å²) in [4.78, 5) is 27.1. The molecule has 1 aromatic heterocycles. The van der Waals surface area contributed by atoms with Gasteiger partial charge in [-0.1, -0.05) is 11.6 Å². The number of hydrogen-bond acceptors (Lipinski definition) is 3. The van der Waals surface area contributed by atoms with E-state index in [1.807, 2.05) is 0 Å². The van der Waals surface area contributed by atoms with Crippen molar-refractivity contribution in [1.29, 1.82) is 0 Å². The van der Waals surface area contributed by atoms with Gasteiger partial charge in [0.05, 0.1) is 0 Å². The van der Waals surface area contributed by atoms with E-state index >= 15 is 0 Å². The molecule has 82 valence electrons. The van der Waals surface area contributed by atoms with E-state index in [0.717, 1.165) is 25.9 Å². The van der Waals surface area contributed by atoms with E-state index in [9.17, 15) is 9.59 Å². The van der Waals surface area contributed by atoms with Crippen molar-refractivity contribution in [1.82, 2.24) is 15.3 Å². The first-order valence-corrected chi connectivity index (χ1v) is 5.29. The fourth-order valence-corrected chi connectivity index (χ4v) is 2.13. The summed E-state index contributed by atoms with van der Waals surface area (Å²) in [5.74, 6) is 0.175. The van der Waals surface area contributed by atoms with Crippen LogP contribution in [0.1, 0.15) is 24.5 Å². The molecule has 0 spiro atoms. The van der Waals surface area contributed by atoms with Gasteiger partial charge in [-0.15, -0.1) is 0 Å². The van der Waals surface area contributed by atoms with Crippen molar-refractivity contribution < 1.29 is 0 Å². The van der Waals surface area contributed by atoms with Crippen LogP contribution in [0.2, 0.25) is 5.02 Å². The zero-order chi connectivity index (χ0) is 10.8. The molecule has 2 heterocycles. The molecule has 1 aliphatic rings. The normalized spacial score (nSPS) is 17.9. The Morgan fingerprint density at radius 3 is 2.47 bits per heavy atom. The molecule has 1 aromatic rings. The lowest BCUT2D eigenvalue weighted by Crippen LogP contribution is -2.31. The van der Waals surface area contributed by atoms with Crippen LogP contribution in [0.3, 0.4) is 0 Å². The Morgan fingerprint density at radius 1 is 1.13 bits per heavy atom. The van der Waals surface area contributed by atoms with Crippen molar-refractivity contribution in [3.8, 4) is 0 Å². The Labute approximate surface area is 90.9 Å². The number of piperidine rings is 1. The molecule has 3 N–H and O–H groups in total. The molecule has 0 amide bonds. The van der Waals surface area contributed by atoms with Crippen LogP contribution in [0, 0.1) is 0 Å². The third-order valence-corrected chi connectivity index (χ3v) is 3.03. The van der Waals surface area contributed by atoms with E-state index < -0.39 is 11.2 Å². The number of H-pyrrole nitrogens is 2. The lowest BCUT2D eigenvalue weighted by atomic mass is 9.94. The summed E-state index contributed by atoms with van der Waals surface area (Å²) in [6.45, 7) is 1.77. The Morgan fingerprint density at radius 2 is 1.80 bits per heavy atom. The van der Waals surface area contributed by atoms with Gasteiger partial charge in [-0.25, -0.2) is 4.79 Å². The molecule has 2 rings (SSSR count). The van der Waals surface area contributed by atoms with Gasteiger partial charge in [0.15, 0.2) is 0 Å². The number of nitrogens with one attached hydrogen (secondary N) is 3. The van der Waals surface area contributed by atoms with Crippen LogP contribution in [-0.4, -0.2) is 23.1 Å². The number of halogens is 1. The second-order valence-corrected chi connectivity index (χ2v) is 4.04. The second-order valence-electron chi connectivity index (χ2n) is 3.66. The molecule has 0 radical (unpaired) electrons. The summed E-state index contributed by atoms with van der Waals surface area (Å²) < 4.78 is 0. The summed E-state index contributed by atoms with van der Waals surface area (Å²) in [5, 5.41) is 3.32. The summed E-state index contributed by atoms with van der Waals surface area (Å²) in [5.41, 5.74) is -0.418. The number of rotatable bonds is 1. The molecular weight excluding hydrogens is 218 g/mol. The van der Waals surface area contributed by atoms with Gasteiger partial charge in [0.25, 0.3) is 5.56 Å². The fraction of sp³-hybridized carbons (Fsp3) is 0.556. The van der Waals surface area contributed by atoms with Crippen LogP contribution in [0.15, 0.2) is 9.59 Å². The van der Waals surface area contributed by atoms with Crippen molar-refractivity contribution in [3.63, 3.8) is 0 Å². The van der Waals surface area contributed by atoms with Crippen LogP contribution in [0.5, 0.6) is 0 Å². The Kier molecular flexibility index (Phi) is 2.93. The number of aromatic amines is 2. The molecule has 1 fully saturated rings. The quantitative estimate of drug-likeness (QED) is 0.643. The third-order valence-electron chi connectivity index (χ3n) is 2.66. The molecular formula is C9H12ClN3O2. The summed E-state index contributed by atoms with van der Waals surface area (Å²) in [6.07, 6.45) is 1.78. The van der Waals surface area contributed by atoms with Crippen LogP contribution in [0.25, 0.3) is 0 Å². The van der Waals surface area contributed by atoms with Crippen molar-refractivity contribution in [3.05, 3.63) is 31.6 Å². The highest BCUT2D eigenvalue weighted by Gasteiger charge is 2.20. The first-order chi connectivity index (χ1) is 7.18. The Hall–Kier alpha value is -1.07. The Bertz CT molecular complexity index is 459. The minimum atomic E-state index is -0.506. The molecule has 0 unspecified atom stereocenters. The fourth-order valence-electron chi connectivity index (χ4n) is 1.88. The molecule has 1 saturated heterocycles. The van der Waals surface area contributed by atoms with Gasteiger partial charge in [-0.2, -0.15) is 0 Å². The van der Waals surface area contributed by atoms with Crippen molar-refractivity contribution in [2.75, 3.05) is 13.1 Å². The van der Waals surface area contributed by atoms with E-state index in [2.05, 4.69) is 15.3 Å². The minimum Gasteiger partial charge on any atom is -0.317 e. The van der Waals surface area contributed by atoms with E-state index in [-0.39, 0.29) is 10.9 Å². The number of aromatic nitrogens is 2. The maximum Gasteiger partial charge on any atom is 0.325 e. The van der Waals surface area contributed by atoms with Crippen LogP contribution < -0.4 is 16.6 Å². The average molecular weight is 230 g/mol. The first kappa shape index (κ1) is 10.4. The van der Waals surface area contributed by atoms with Crippen LogP contribution >= 0.6 is 11.6 Å². The molecule has 0 aliphatic carbocycles. The lowest BCUT2D eigenvalue weighted by Gasteiger charge is -2.22. The van der Waals surface area contributed by atoms with E-state index in [0.29, 0.717) is 5.69 Å². The molecule has 0 bridgehead atoms. The summed E-state index contributed by atoms with van der Waals surface area (Å²) in [7, 11) is 0. The molecule has 5 nitrogen and oxygen atoms in total. The van der Waals surface area contributed by atoms with Crippen molar-refractivity contribution in [2.45, 2.75) is 18.8 Å². The van der Waals surface area contributed by atoms with Crippen LogP contribution in [-0.2, 0) is 0 Å². The molecule has 0 atom stereocenters. The van der Waals surface area contributed by atoms with E-state index in [1.165, 1.54) is 0 Å². The highest BCUT2D eigenvalue weighted by Crippen LogP contribution is 2.26. The van der Waals surface area contributed by atoms with Gasteiger partial charge in [0, 0.05) is 11.6 Å². The minimum absolute atomic E-state index is 0.113. The Balaban J connectivity index is 2.42. The monoisotopic (exact) mass is 229 g/mol. The summed E-state index contributed by atoms with van der Waals surface area (Å²) in [6, 6.07) is 0. The molecule has 6 heteroatoms. The van der Waals surface area contributed by atoms with Gasteiger partial charge < -0.3 is 10.3 Å². The van der Waals surface area contributed by atoms with E-state index in [1.54, 1.807) is 0 Å². The highest BCUT2D eigenvalue weighted by atomic mass is 35.5. The van der Waals surface area contributed by atoms with Gasteiger partial charge >= 0.3 is 5.69 Å². The SMILES string of the molecule is O=c1[nH]c(C2CCNCC2)c(Cl)c(=O)[nH]1. The van der Waals surface area contributed by atoms with Gasteiger partial charge in [0.2, 0.25) is 0 Å². The molecule has 1 aliphatic heterocycles. The summed E-state index contributed by atoms with van der Waals surface area (Å²) >= 11 is 5.86. The lowest BCUT2D eigenvalue weighted by molar-refractivity contribution is 0.451. The van der Waals surface area contributed by atoms with Gasteiger partial charge in [-0.3, -0.25) is 9.78 Å². The maximum absolute atomic E-state index is 11.3. The highest BCUT2D eigenvalue weighted by molar-refractivity contribution is 6.31. The second kappa shape index (κ2) is 4.20. The smallest absolute Gasteiger partial charge is 0.317 e. The largest absolute Gasteiger partial charge is 0.325 e. The van der Waals surface area contributed by atoms with Crippen molar-refractivity contribution >= 4 is 11.6 Å². The molecule has 0 saturated carbocycles. The average Bonchev–Trinajstić information content (AvgIpc) is 2.24.